The van der Waals surface area contributed by atoms with Crippen molar-refractivity contribution in [2.45, 2.75) is 26.3 Å². The predicted molar refractivity (Wildman–Crippen MR) is 96.2 cm³/mol. The van der Waals surface area contributed by atoms with Crippen LogP contribution in [0.15, 0.2) is 42.6 Å². The molecule has 1 aromatic heterocycles. The third-order valence-electron chi connectivity index (χ3n) is 3.63. The van der Waals surface area contributed by atoms with Crippen LogP contribution in [0.2, 0.25) is 0 Å². The van der Waals surface area contributed by atoms with Crippen LogP contribution in [-0.4, -0.2) is 35.1 Å². The lowest BCUT2D eigenvalue weighted by Crippen LogP contribution is -2.28. The van der Waals surface area contributed by atoms with Gasteiger partial charge < -0.3 is 14.8 Å². The number of nitrogens with one attached hydrogen (secondary N) is 1. The molecule has 1 atom stereocenters. The number of pyridine rings is 1. The molecule has 0 saturated carbocycles. The molecule has 1 unspecified atom stereocenters. The van der Waals surface area contributed by atoms with Crippen LogP contribution in [0.25, 0.3) is 0 Å². The number of aromatic nitrogens is 1. The van der Waals surface area contributed by atoms with Crippen molar-refractivity contribution in [2.75, 3.05) is 18.5 Å². The number of anilines is 1. The molecule has 1 aromatic carbocycles. The second-order valence-corrected chi connectivity index (χ2v) is 5.69. The third-order valence-corrected chi connectivity index (χ3v) is 3.63. The van der Waals surface area contributed by atoms with Crippen LogP contribution in [0.3, 0.4) is 0 Å². The molecule has 0 aliphatic carbocycles. The number of hydrogen-bond donors (Lipinski definition) is 1. The van der Waals surface area contributed by atoms with E-state index < -0.39 is 10.9 Å². The van der Waals surface area contributed by atoms with Gasteiger partial charge in [-0.15, -0.1) is 0 Å². The predicted octanol–water partition coefficient (Wildman–Crippen LogP) is 3.11. The van der Waals surface area contributed by atoms with Crippen LogP contribution < -0.4 is 10.1 Å². The molecular weight excluding hydrogens is 338 g/mol. The van der Waals surface area contributed by atoms with Crippen LogP contribution in [0.5, 0.6) is 5.75 Å². The Kier molecular flexibility index (Phi) is 6.90. The highest BCUT2D eigenvalue weighted by Gasteiger charge is 2.12. The molecule has 0 bridgehead atoms. The van der Waals surface area contributed by atoms with E-state index in [1.807, 2.05) is 26.0 Å². The molecule has 8 nitrogen and oxygen atoms in total. The van der Waals surface area contributed by atoms with Gasteiger partial charge in [0.2, 0.25) is 0 Å². The maximum atomic E-state index is 11.8. The average Bonchev–Trinajstić information content (AvgIpc) is 2.65. The Morgan fingerprint density at radius 3 is 2.58 bits per heavy atom. The summed E-state index contributed by atoms with van der Waals surface area (Å²) in [7, 11) is 0. The van der Waals surface area contributed by atoms with Crippen LogP contribution >= 0.6 is 0 Å². The molecule has 26 heavy (non-hydrogen) atoms. The summed E-state index contributed by atoms with van der Waals surface area (Å²) < 4.78 is 10.6. The molecule has 8 heteroatoms. The number of nitrogens with zero attached hydrogens (tertiary/aromatic N) is 2. The second-order valence-electron chi connectivity index (χ2n) is 5.69. The van der Waals surface area contributed by atoms with Gasteiger partial charge in [-0.25, -0.2) is 9.78 Å². The van der Waals surface area contributed by atoms with Crippen molar-refractivity contribution >= 4 is 17.5 Å². The van der Waals surface area contributed by atoms with Crippen molar-refractivity contribution in [3.8, 4) is 5.75 Å². The minimum Gasteiger partial charge on any atom is -0.482 e. The lowest BCUT2D eigenvalue weighted by Gasteiger charge is -2.17. The van der Waals surface area contributed by atoms with E-state index in [0.29, 0.717) is 18.0 Å². The van der Waals surface area contributed by atoms with Crippen LogP contribution in [0.4, 0.5) is 11.5 Å². The smallest absolute Gasteiger partial charge is 0.344 e. The summed E-state index contributed by atoms with van der Waals surface area (Å²) in [6.45, 7) is 3.87. The molecule has 2 aromatic rings. The fraction of sp³-hybridized carbons (Fsp3) is 0.333. The molecule has 1 N–H and O–H groups in total. The Morgan fingerprint density at radius 1 is 1.27 bits per heavy atom. The molecule has 138 valence electrons. The maximum Gasteiger partial charge on any atom is 0.344 e. The summed E-state index contributed by atoms with van der Waals surface area (Å²) in [4.78, 5) is 25.9. The monoisotopic (exact) mass is 359 g/mol. The number of carbonyl (C=O) groups is 1. The number of esters is 1. The fourth-order valence-electron chi connectivity index (χ4n) is 2.06. The lowest BCUT2D eigenvalue weighted by atomic mass is 10.2. The summed E-state index contributed by atoms with van der Waals surface area (Å²) in [6, 6.07) is 10.1. The zero-order valence-electron chi connectivity index (χ0n) is 14.7. The molecule has 0 saturated heterocycles. The number of aryl methyl sites for hydroxylation is 1. The summed E-state index contributed by atoms with van der Waals surface area (Å²) >= 11 is 0. The average molecular weight is 359 g/mol. The van der Waals surface area contributed by atoms with E-state index in [2.05, 4.69) is 10.3 Å². The summed E-state index contributed by atoms with van der Waals surface area (Å²) in [5, 5.41) is 13.7. The number of rotatable bonds is 9. The van der Waals surface area contributed by atoms with Gasteiger partial charge >= 0.3 is 5.97 Å². The van der Waals surface area contributed by atoms with E-state index in [9.17, 15) is 14.9 Å². The van der Waals surface area contributed by atoms with Gasteiger partial charge in [0.25, 0.3) is 5.69 Å². The largest absolute Gasteiger partial charge is 0.482 e. The van der Waals surface area contributed by atoms with Gasteiger partial charge in [-0.1, -0.05) is 24.6 Å². The Morgan fingerprint density at radius 2 is 2.00 bits per heavy atom. The maximum absolute atomic E-state index is 11.8. The van der Waals surface area contributed by atoms with Gasteiger partial charge in [0.1, 0.15) is 24.4 Å². The molecule has 1 heterocycles. The Bertz CT molecular complexity index is 731. The summed E-state index contributed by atoms with van der Waals surface area (Å²) in [6.07, 6.45) is 1.86. The van der Waals surface area contributed by atoms with E-state index in [-0.39, 0.29) is 24.9 Å². The van der Waals surface area contributed by atoms with E-state index in [1.54, 1.807) is 12.1 Å². The van der Waals surface area contributed by atoms with Gasteiger partial charge in [-0.2, -0.15) is 0 Å². The summed E-state index contributed by atoms with van der Waals surface area (Å²) in [5.74, 6) is 0.615. The first-order chi connectivity index (χ1) is 12.5. The molecule has 0 radical (unpaired) electrons. The van der Waals surface area contributed by atoms with Crippen LogP contribution in [-0.2, 0) is 9.53 Å². The van der Waals surface area contributed by atoms with Gasteiger partial charge in [0, 0.05) is 6.07 Å². The Labute approximate surface area is 151 Å². The van der Waals surface area contributed by atoms with Crippen molar-refractivity contribution in [3.05, 3.63) is 58.3 Å². The van der Waals surface area contributed by atoms with Gasteiger partial charge in [-0.3, -0.25) is 10.1 Å². The van der Waals surface area contributed by atoms with E-state index in [0.717, 1.165) is 5.56 Å². The first-order valence-corrected chi connectivity index (χ1v) is 8.20. The summed E-state index contributed by atoms with van der Waals surface area (Å²) in [5.41, 5.74) is 1.03. The first kappa shape index (κ1) is 19.2. The topological polar surface area (TPSA) is 104 Å². The number of benzene rings is 1. The molecule has 2 rings (SSSR count). The normalized spacial score (nSPS) is 11.5. The molecule has 0 aliphatic heterocycles. The molecule has 0 aliphatic rings. The second kappa shape index (κ2) is 9.36. The Hall–Kier alpha value is -3.16. The van der Waals surface area contributed by atoms with Crippen molar-refractivity contribution in [3.63, 3.8) is 0 Å². The number of carbonyl (C=O) groups excluding carboxylic acids is 1. The minimum atomic E-state index is -0.510. The van der Waals surface area contributed by atoms with E-state index >= 15 is 0 Å². The lowest BCUT2D eigenvalue weighted by molar-refractivity contribution is -0.385. The number of hydrogen-bond acceptors (Lipinski definition) is 7. The van der Waals surface area contributed by atoms with Crippen molar-refractivity contribution in [1.29, 1.82) is 0 Å². The SMILES string of the molecule is CCC(COC(=O)COc1ccc(C)cc1)Nc1ccc([N+](=O)[O-])cn1. The van der Waals surface area contributed by atoms with E-state index in [1.165, 1.54) is 18.3 Å². The highest BCUT2D eigenvalue weighted by Crippen LogP contribution is 2.14. The minimum absolute atomic E-state index is 0.0803. The van der Waals surface area contributed by atoms with Crippen molar-refractivity contribution in [1.82, 2.24) is 4.98 Å². The highest BCUT2D eigenvalue weighted by atomic mass is 16.6. The Balaban J connectivity index is 1.77. The highest BCUT2D eigenvalue weighted by molar-refractivity contribution is 5.71. The van der Waals surface area contributed by atoms with Crippen molar-refractivity contribution in [2.24, 2.45) is 0 Å². The number of ether oxygens (including phenoxy) is 2. The van der Waals surface area contributed by atoms with Crippen molar-refractivity contribution < 1.29 is 19.2 Å². The van der Waals surface area contributed by atoms with Gasteiger partial charge in [0.15, 0.2) is 6.61 Å². The standard InChI is InChI=1S/C18H21N3O5/c1-3-14(20-17-9-6-15(10-19-17)21(23)24)11-26-18(22)12-25-16-7-4-13(2)5-8-16/h4-10,14H,3,11-12H2,1-2H3,(H,19,20). The zero-order valence-corrected chi connectivity index (χ0v) is 14.7. The third kappa shape index (κ3) is 6.04. The number of nitro groups is 1. The van der Waals surface area contributed by atoms with Gasteiger partial charge in [-0.05, 0) is 31.5 Å². The van der Waals surface area contributed by atoms with E-state index in [4.69, 9.17) is 9.47 Å². The van der Waals surface area contributed by atoms with Crippen LogP contribution in [0.1, 0.15) is 18.9 Å². The van der Waals surface area contributed by atoms with Crippen LogP contribution in [0, 0.1) is 17.0 Å². The first-order valence-electron chi connectivity index (χ1n) is 8.20. The molecule has 0 fully saturated rings. The zero-order chi connectivity index (χ0) is 18.9. The fourth-order valence-corrected chi connectivity index (χ4v) is 2.06. The molecule has 0 amide bonds. The van der Waals surface area contributed by atoms with Gasteiger partial charge in [0.05, 0.1) is 11.0 Å². The molecular formula is C18H21N3O5. The molecule has 0 spiro atoms. The quantitative estimate of drug-likeness (QED) is 0.417.